The number of nitrogens with zero attached hydrogens (tertiary/aromatic N) is 2. The van der Waals surface area contributed by atoms with Gasteiger partial charge >= 0.3 is 11.7 Å². The first-order chi connectivity index (χ1) is 22.3. The zero-order valence-corrected chi connectivity index (χ0v) is 26.1. The number of hydrogen-bond acceptors (Lipinski definition) is 8. The van der Waals surface area contributed by atoms with Gasteiger partial charge in [-0.25, -0.2) is 4.79 Å². The van der Waals surface area contributed by atoms with E-state index in [1.165, 1.54) is 13.8 Å². The number of aromatic nitrogens is 2. The highest BCUT2D eigenvalue weighted by atomic mass is 16.7. The zero-order valence-electron chi connectivity index (χ0n) is 26.1. The van der Waals surface area contributed by atoms with Crippen molar-refractivity contribution >= 4 is 28.6 Å². The topological polar surface area (TPSA) is 135 Å². The van der Waals surface area contributed by atoms with Crippen LogP contribution >= 0.6 is 0 Å². The molecule has 11 nitrogen and oxygen atoms in total. The first-order valence-electron chi connectivity index (χ1n) is 15.8. The standard InChI is InChI=1S/C35H40N4O7/c1-22(44-23(2)41)33(42)36-27-13-11-26(12-14-27)34-45-29(19-32(46-34)25-9-7-24(21-40)8-10-25)20-38-17-15-28(16-18-38)39-31-6-4-3-5-30(31)37-35(39)43/h3-14,22,28-29,32,34,40H,15-21H2,1-2H3,(H,36,42)(H,37,43)/t22-,29+,32-,34-/m0/s1. The van der Waals surface area contributed by atoms with E-state index in [-0.39, 0.29) is 30.5 Å². The molecule has 46 heavy (non-hydrogen) atoms. The molecular formula is C35H40N4O7. The number of rotatable bonds is 9. The van der Waals surface area contributed by atoms with Gasteiger partial charge in [-0.05, 0) is 55.2 Å². The Morgan fingerprint density at radius 3 is 2.39 bits per heavy atom. The number of aliphatic hydroxyl groups is 1. The number of esters is 1. The highest BCUT2D eigenvalue weighted by molar-refractivity contribution is 5.94. The van der Waals surface area contributed by atoms with Gasteiger partial charge in [0.15, 0.2) is 12.4 Å². The summed E-state index contributed by atoms with van der Waals surface area (Å²) >= 11 is 0. The Morgan fingerprint density at radius 1 is 1.00 bits per heavy atom. The van der Waals surface area contributed by atoms with Crippen LogP contribution in [-0.4, -0.2) is 63.3 Å². The average molecular weight is 629 g/mol. The third-order valence-corrected chi connectivity index (χ3v) is 8.79. The molecule has 0 radical (unpaired) electrons. The Hall–Kier alpha value is -4.29. The van der Waals surface area contributed by atoms with Crippen LogP contribution in [0.4, 0.5) is 5.69 Å². The van der Waals surface area contributed by atoms with Crippen molar-refractivity contribution in [2.75, 3.05) is 25.0 Å². The largest absolute Gasteiger partial charge is 0.453 e. The molecule has 3 N–H and O–H groups in total. The monoisotopic (exact) mass is 628 g/mol. The van der Waals surface area contributed by atoms with Crippen LogP contribution in [0.1, 0.15) is 68.2 Å². The predicted octanol–water partition coefficient (Wildman–Crippen LogP) is 4.59. The summed E-state index contributed by atoms with van der Waals surface area (Å²) in [6.45, 7) is 5.18. The van der Waals surface area contributed by atoms with E-state index in [1.807, 2.05) is 65.2 Å². The average Bonchev–Trinajstić information content (AvgIpc) is 3.40. The Balaban J connectivity index is 1.14. The first kappa shape index (κ1) is 31.7. The van der Waals surface area contributed by atoms with Crippen molar-refractivity contribution in [3.63, 3.8) is 0 Å². The number of amides is 1. The second kappa shape index (κ2) is 14.0. The van der Waals surface area contributed by atoms with Gasteiger partial charge in [0.05, 0.1) is 29.8 Å². The maximum absolute atomic E-state index is 12.8. The summed E-state index contributed by atoms with van der Waals surface area (Å²) in [6, 6.07) is 23.0. The zero-order chi connectivity index (χ0) is 32.2. The lowest BCUT2D eigenvalue weighted by Gasteiger charge is -2.40. The fourth-order valence-electron chi connectivity index (χ4n) is 6.39. The van der Waals surface area contributed by atoms with Gasteiger partial charge in [0.1, 0.15) is 0 Å². The molecule has 1 amide bonds. The molecule has 0 unspecified atom stereocenters. The van der Waals surface area contributed by atoms with Crippen molar-refractivity contribution in [3.05, 3.63) is 100.0 Å². The molecule has 6 rings (SSSR count). The molecule has 0 bridgehead atoms. The van der Waals surface area contributed by atoms with E-state index in [9.17, 15) is 19.5 Å². The number of H-pyrrole nitrogens is 1. The van der Waals surface area contributed by atoms with Gasteiger partial charge in [0.2, 0.25) is 0 Å². The van der Waals surface area contributed by atoms with Gasteiger partial charge < -0.3 is 34.5 Å². The lowest BCUT2D eigenvalue weighted by atomic mass is 9.98. The molecular weight excluding hydrogens is 588 g/mol. The van der Waals surface area contributed by atoms with E-state index in [0.717, 1.165) is 60.2 Å². The maximum Gasteiger partial charge on any atom is 0.326 e. The number of aliphatic hydroxyl groups excluding tert-OH is 1. The second-order valence-electron chi connectivity index (χ2n) is 12.1. The highest BCUT2D eigenvalue weighted by Gasteiger charge is 2.34. The number of piperidine rings is 1. The smallest absolute Gasteiger partial charge is 0.326 e. The number of likely N-dealkylation sites (tertiary alicyclic amines) is 1. The number of benzene rings is 3. The minimum atomic E-state index is -0.908. The van der Waals surface area contributed by atoms with Gasteiger partial charge in [-0.1, -0.05) is 48.5 Å². The molecule has 0 aliphatic carbocycles. The number of anilines is 1. The molecule has 4 atom stereocenters. The van der Waals surface area contributed by atoms with E-state index < -0.39 is 24.3 Å². The van der Waals surface area contributed by atoms with Crippen molar-refractivity contribution in [1.82, 2.24) is 14.5 Å². The molecule has 2 fully saturated rings. The third-order valence-electron chi connectivity index (χ3n) is 8.79. The van der Waals surface area contributed by atoms with Crippen LogP contribution in [-0.2, 0) is 30.4 Å². The number of ether oxygens (including phenoxy) is 3. The molecule has 242 valence electrons. The van der Waals surface area contributed by atoms with Crippen LogP contribution in [0.15, 0.2) is 77.6 Å². The summed E-state index contributed by atoms with van der Waals surface area (Å²) in [5.74, 6) is -0.938. The second-order valence-corrected chi connectivity index (χ2v) is 12.1. The van der Waals surface area contributed by atoms with Gasteiger partial charge in [0, 0.05) is 50.3 Å². The van der Waals surface area contributed by atoms with Gasteiger partial charge in [-0.3, -0.25) is 14.2 Å². The van der Waals surface area contributed by atoms with Crippen LogP contribution in [0.5, 0.6) is 0 Å². The summed E-state index contributed by atoms with van der Waals surface area (Å²) in [5, 5.41) is 12.3. The molecule has 2 aliphatic heterocycles. The number of nitrogens with one attached hydrogen (secondary N) is 2. The number of fused-ring (bicyclic) bond motifs is 1. The number of para-hydroxylation sites is 2. The van der Waals surface area contributed by atoms with Crippen LogP contribution in [0.25, 0.3) is 11.0 Å². The van der Waals surface area contributed by atoms with E-state index in [4.69, 9.17) is 14.2 Å². The number of hydrogen-bond donors (Lipinski definition) is 3. The molecule has 1 aromatic heterocycles. The minimum Gasteiger partial charge on any atom is -0.453 e. The summed E-state index contributed by atoms with van der Waals surface area (Å²) in [7, 11) is 0. The Morgan fingerprint density at radius 2 is 1.70 bits per heavy atom. The number of imidazole rings is 1. The molecule has 2 aliphatic rings. The van der Waals surface area contributed by atoms with Gasteiger partial charge in [-0.2, -0.15) is 0 Å². The van der Waals surface area contributed by atoms with Crippen molar-refractivity contribution in [2.24, 2.45) is 0 Å². The van der Waals surface area contributed by atoms with Crippen LogP contribution in [0.2, 0.25) is 0 Å². The molecule has 3 heterocycles. The Bertz CT molecular complexity index is 1710. The fraction of sp³-hybridized carbons (Fsp3) is 0.400. The van der Waals surface area contributed by atoms with Gasteiger partial charge in [-0.15, -0.1) is 0 Å². The normalized spacial score (nSPS) is 21.6. The highest BCUT2D eigenvalue weighted by Crippen LogP contribution is 2.39. The summed E-state index contributed by atoms with van der Waals surface area (Å²) in [6.07, 6.45) is 0.523. The van der Waals surface area contributed by atoms with Crippen molar-refractivity contribution < 1.29 is 28.9 Å². The van der Waals surface area contributed by atoms with E-state index in [0.29, 0.717) is 12.1 Å². The SMILES string of the molecule is CC(=O)O[C@@H](C)C(=O)Nc1ccc([C@H]2O[C@@H](CN3CCC(n4c(=O)[nH]c5ccccc54)CC3)C[C@@H](c3ccc(CO)cc3)O2)cc1. The summed E-state index contributed by atoms with van der Waals surface area (Å²) in [5.41, 5.74) is 4.97. The first-order valence-corrected chi connectivity index (χ1v) is 15.8. The Kier molecular flexibility index (Phi) is 9.64. The van der Waals surface area contributed by atoms with Gasteiger partial charge in [0.25, 0.3) is 5.91 Å². The molecule has 4 aromatic rings. The Labute approximate surface area is 267 Å². The lowest BCUT2D eigenvalue weighted by molar-refractivity contribution is -0.253. The van der Waals surface area contributed by atoms with Crippen molar-refractivity contribution in [3.8, 4) is 0 Å². The number of carbonyl (C=O) groups excluding carboxylic acids is 2. The van der Waals surface area contributed by atoms with Crippen LogP contribution < -0.4 is 11.0 Å². The lowest BCUT2D eigenvalue weighted by Crippen LogP contribution is -2.43. The van der Waals surface area contributed by atoms with Crippen molar-refractivity contribution in [1.29, 1.82) is 0 Å². The van der Waals surface area contributed by atoms with Crippen molar-refractivity contribution in [2.45, 2.75) is 70.4 Å². The summed E-state index contributed by atoms with van der Waals surface area (Å²) in [4.78, 5) is 41.8. The number of carbonyl (C=O) groups is 2. The van der Waals surface area contributed by atoms with E-state index in [1.54, 1.807) is 12.1 Å². The molecule has 0 saturated carbocycles. The van der Waals surface area contributed by atoms with Crippen LogP contribution in [0, 0.1) is 0 Å². The number of aromatic amines is 1. The third kappa shape index (κ3) is 7.23. The summed E-state index contributed by atoms with van der Waals surface area (Å²) < 4.78 is 19.9. The minimum absolute atomic E-state index is 0.0245. The van der Waals surface area contributed by atoms with Crippen LogP contribution in [0.3, 0.4) is 0 Å². The quantitative estimate of drug-likeness (QED) is 0.229. The predicted molar refractivity (Wildman–Crippen MR) is 172 cm³/mol. The maximum atomic E-state index is 12.8. The molecule has 3 aromatic carbocycles. The molecule has 0 spiro atoms. The molecule has 2 saturated heterocycles. The molecule has 11 heteroatoms. The van der Waals surface area contributed by atoms with E-state index >= 15 is 0 Å². The van der Waals surface area contributed by atoms with E-state index in [2.05, 4.69) is 15.2 Å². The fourth-order valence-corrected chi connectivity index (χ4v) is 6.39.